The fourth-order valence-electron chi connectivity index (χ4n) is 2.55. The van der Waals surface area contributed by atoms with Crippen LogP contribution in [0.5, 0.6) is 0 Å². The molecule has 96 valence electrons. The maximum atomic E-state index is 12.0. The van der Waals surface area contributed by atoms with E-state index in [1.165, 1.54) is 0 Å². The number of hydrogen-bond donors (Lipinski definition) is 2. The summed E-state index contributed by atoms with van der Waals surface area (Å²) < 4.78 is 0. The predicted molar refractivity (Wildman–Crippen MR) is 69.8 cm³/mol. The SMILES string of the molecule is CCC(=O)c1cccc(C(N)=O)c1C1CCNC1. The number of nitrogens with two attached hydrogens (primary N) is 1. The Bertz CT molecular complexity index is 477. The second-order valence-corrected chi connectivity index (χ2v) is 4.60. The highest BCUT2D eigenvalue weighted by molar-refractivity contribution is 6.02. The van der Waals surface area contributed by atoms with Gasteiger partial charge >= 0.3 is 0 Å². The molecule has 0 aromatic heterocycles. The average Bonchev–Trinajstić information content (AvgIpc) is 2.90. The topological polar surface area (TPSA) is 72.2 Å². The van der Waals surface area contributed by atoms with Crippen molar-refractivity contribution in [1.82, 2.24) is 5.32 Å². The van der Waals surface area contributed by atoms with Crippen LogP contribution in [0, 0.1) is 0 Å². The van der Waals surface area contributed by atoms with Crippen LogP contribution >= 0.6 is 0 Å². The number of rotatable bonds is 4. The van der Waals surface area contributed by atoms with Gasteiger partial charge in [0.15, 0.2) is 5.78 Å². The summed E-state index contributed by atoms with van der Waals surface area (Å²) >= 11 is 0. The smallest absolute Gasteiger partial charge is 0.249 e. The largest absolute Gasteiger partial charge is 0.366 e. The van der Waals surface area contributed by atoms with E-state index in [0.29, 0.717) is 17.5 Å². The zero-order valence-electron chi connectivity index (χ0n) is 10.5. The first-order valence-corrected chi connectivity index (χ1v) is 6.31. The molecule has 1 aromatic carbocycles. The van der Waals surface area contributed by atoms with E-state index in [1.54, 1.807) is 18.2 Å². The molecule has 1 atom stereocenters. The minimum atomic E-state index is -0.456. The lowest BCUT2D eigenvalue weighted by atomic mass is 9.86. The monoisotopic (exact) mass is 246 g/mol. The van der Waals surface area contributed by atoms with Gasteiger partial charge in [-0.25, -0.2) is 0 Å². The highest BCUT2D eigenvalue weighted by Crippen LogP contribution is 2.29. The second kappa shape index (κ2) is 5.31. The first-order valence-electron chi connectivity index (χ1n) is 6.31. The minimum absolute atomic E-state index is 0.0694. The number of ketones is 1. The summed E-state index contributed by atoms with van der Waals surface area (Å²) in [7, 11) is 0. The molecule has 0 bridgehead atoms. The molecule has 0 aliphatic carbocycles. The molecule has 1 unspecified atom stereocenters. The molecule has 0 spiro atoms. The van der Waals surface area contributed by atoms with Crippen molar-refractivity contribution in [3.8, 4) is 0 Å². The van der Waals surface area contributed by atoms with E-state index in [-0.39, 0.29) is 11.7 Å². The third kappa shape index (κ3) is 2.29. The summed E-state index contributed by atoms with van der Waals surface area (Å²) in [5, 5.41) is 3.26. The summed E-state index contributed by atoms with van der Waals surface area (Å²) in [5.74, 6) is -0.179. The highest BCUT2D eigenvalue weighted by atomic mass is 16.1. The quantitative estimate of drug-likeness (QED) is 0.790. The lowest BCUT2D eigenvalue weighted by molar-refractivity contribution is 0.0987. The summed E-state index contributed by atoms with van der Waals surface area (Å²) in [6, 6.07) is 5.24. The van der Waals surface area contributed by atoms with Gasteiger partial charge in [-0.15, -0.1) is 0 Å². The molecule has 2 rings (SSSR count). The van der Waals surface area contributed by atoms with Crippen LogP contribution in [0.1, 0.15) is 52.0 Å². The van der Waals surface area contributed by atoms with E-state index >= 15 is 0 Å². The summed E-state index contributed by atoms with van der Waals surface area (Å²) in [5.41, 5.74) is 7.40. The van der Waals surface area contributed by atoms with Crippen molar-refractivity contribution < 1.29 is 9.59 Å². The van der Waals surface area contributed by atoms with Crippen LogP contribution in [0.4, 0.5) is 0 Å². The number of carbonyl (C=O) groups excluding carboxylic acids is 2. The second-order valence-electron chi connectivity index (χ2n) is 4.60. The molecule has 0 radical (unpaired) electrons. The lowest BCUT2D eigenvalue weighted by Gasteiger charge is -2.17. The Hall–Kier alpha value is -1.68. The van der Waals surface area contributed by atoms with Gasteiger partial charge in [0, 0.05) is 24.1 Å². The van der Waals surface area contributed by atoms with E-state index < -0.39 is 5.91 Å². The summed E-state index contributed by atoms with van der Waals surface area (Å²) in [6.45, 7) is 3.54. The fraction of sp³-hybridized carbons (Fsp3) is 0.429. The van der Waals surface area contributed by atoms with Crippen LogP contribution in [0.3, 0.4) is 0 Å². The molecule has 1 aromatic rings. The predicted octanol–water partition coefficient (Wildman–Crippen LogP) is 1.46. The van der Waals surface area contributed by atoms with Gasteiger partial charge in [-0.05, 0) is 30.5 Å². The van der Waals surface area contributed by atoms with Crippen LogP contribution in [0.25, 0.3) is 0 Å². The van der Waals surface area contributed by atoms with Gasteiger partial charge in [0.1, 0.15) is 0 Å². The molecule has 1 heterocycles. The number of amides is 1. The van der Waals surface area contributed by atoms with Crippen molar-refractivity contribution in [2.45, 2.75) is 25.7 Å². The van der Waals surface area contributed by atoms with Crippen molar-refractivity contribution in [2.24, 2.45) is 5.73 Å². The average molecular weight is 246 g/mol. The minimum Gasteiger partial charge on any atom is -0.366 e. The normalized spacial score (nSPS) is 18.8. The van der Waals surface area contributed by atoms with Crippen molar-refractivity contribution in [3.63, 3.8) is 0 Å². The van der Waals surface area contributed by atoms with E-state index in [2.05, 4.69) is 5.32 Å². The molecule has 1 saturated heterocycles. The first-order chi connectivity index (χ1) is 8.65. The lowest BCUT2D eigenvalue weighted by Crippen LogP contribution is -2.20. The van der Waals surface area contributed by atoms with Crippen molar-refractivity contribution in [3.05, 3.63) is 34.9 Å². The van der Waals surface area contributed by atoms with Gasteiger partial charge in [-0.3, -0.25) is 9.59 Å². The van der Waals surface area contributed by atoms with E-state index in [0.717, 1.165) is 25.1 Å². The van der Waals surface area contributed by atoms with E-state index in [4.69, 9.17) is 5.73 Å². The third-order valence-corrected chi connectivity index (χ3v) is 3.46. The molecular formula is C14H18N2O2. The van der Waals surface area contributed by atoms with Gasteiger partial charge < -0.3 is 11.1 Å². The zero-order valence-corrected chi connectivity index (χ0v) is 10.5. The Balaban J connectivity index is 2.55. The maximum Gasteiger partial charge on any atom is 0.249 e. The Kier molecular flexibility index (Phi) is 3.77. The molecule has 1 fully saturated rings. The summed E-state index contributed by atoms with van der Waals surface area (Å²) in [4.78, 5) is 23.5. The summed E-state index contributed by atoms with van der Waals surface area (Å²) in [6.07, 6.45) is 1.38. The van der Waals surface area contributed by atoms with Gasteiger partial charge in [0.2, 0.25) is 5.91 Å². The van der Waals surface area contributed by atoms with Crippen molar-refractivity contribution >= 4 is 11.7 Å². The Morgan fingerprint density at radius 2 is 2.11 bits per heavy atom. The highest BCUT2D eigenvalue weighted by Gasteiger charge is 2.26. The van der Waals surface area contributed by atoms with E-state index in [1.807, 2.05) is 6.92 Å². The molecule has 0 saturated carbocycles. The molecule has 4 heteroatoms. The van der Waals surface area contributed by atoms with Gasteiger partial charge in [-0.2, -0.15) is 0 Å². The molecule has 1 aliphatic heterocycles. The Morgan fingerprint density at radius 3 is 2.67 bits per heavy atom. The number of nitrogens with one attached hydrogen (secondary N) is 1. The van der Waals surface area contributed by atoms with Gasteiger partial charge in [0.25, 0.3) is 0 Å². The molecule has 1 amide bonds. The number of primary amides is 1. The molecule has 3 N–H and O–H groups in total. The number of benzene rings is 1. The molecule has 18 heavy (non-hydrogen) atoms. The number of hydrogen-bond acceptors (Lipinski definition) is 3. The van der Waals surface area contributed by atoms with Crippen LogP contribution in [0.2, 0.25) is 0 Å². The molecular weight excluding hydrogens is 228 g/mol. The first kappa shape index (κ1) is 12.8. The molecule has 4 nitrogen and oxygen atoms in total. The Morgan fingerprint density at radius 1 is 1.39 bits per heavy atom. The van der Waals surface area contributed by atoms with Crippen LogP contribution in [-0.2, 0) is 0 Å². The van der Waals surface area contributed by atoms with Crippen LogP contribution in [-0.4, -0.2) is 24.8 Å². The van der Waals surface area contributed by atoms with Crippen molar-refractivity contribution in [1.29, 1.82) is 0 Å². The van der Waals surface area contributed by atoms with Crippen LogP contribution in [0.15, 0.2) is 18.2 Å². The Labute approximate surface area is 107 Å². The van der Waals surface area contributed by atoms with Crippen molar-refractivity contribution in [2.75, 3.05) is 13.1 Å². The maximum absolute atomic E-state index is 12.0. The standard InChI is InChI=1S/C14H18N2O2/c1-2-12(17)10-4-3-5-11(14(15)18)13(10)9-6-7-16-8-9/h3-5,9,16H,2,6-8H2,1H3,(H2,15,18). The number of carbonyl (C=O) groups is 2. The zero-order chi connectivity index (χ0) is 13.1. The third-order valence-electron chi connectivity index (χ3n) is 3.46. The fourth-order valence-corrected chi connectivity index (χ4v) is 2.55. The van der Waals surface area contributed by atoms with Gasteiger partial charge in [0.05, 0.1) is 0 Å². The number of Topliss-reactive ketones (excluding diaryl/α,β-unsaturated/α-hetero) is 1. The van der Waals surface area contributed by atoms with Gasteiger partial charge in [-0.1, -0.05) is 19.1 Å². The van der Waals surface area contributed by atoms with Crippen LogP contribution < -0.4 is 11.1 Å². The molecule has 1 aliphatic rings. The van der Waals surface area contributed by atoms with E-state index in [9.17, 15) is 9.59 Å².